The third-order valence-electron chi connectivity index (χ3n) is 4.02. The highest BCUT2D eigenvalue weighted by atomic mass is 16.5. The van der Waals surface area contributed by atoms with Crippen LogP contribution in [0.5, 0.6) is 5.75 Å². The lowest BCUT2D eigenvalue weighted by Gasteiger charge is -2.09. The number of fused-ring (bicyclic) bond motifs is 1. The van der Waals surface area contributed by atoms with E-state index < -0.39 is 5.63 Å². The number of rotatable bonds is 5. The molecule has 0 radical (unpaired) electrons. The van der Waals surface area contributed by atoms with Crippen LogP contribution in [0.4, 0.5) is 0 Å². The van der Waals surface area contributed by atoms with Gasteiger partial charge in [-0.1, -0.05) is 24.3 Å². The zero-order chi connectivity index (χ0) is 17.8. The van der Waals surface area contributed by atoms with Crippen LogP contribution >= 0.6 is 0 Å². The van der Waals surface area contributed by atoms with E-state index in [1.54, 1.807) is 18.2 Å². The Morgan fingerprint density at radius 3 is 2.64 bits per heavy atom. The second-order valence-corrected chi connectivity index (χ2v) is 5.72. The molecule has 128 valence electrons. The van der Waals surface area contributed by atoms with Crippen molar-refractivity contribution in [2.75, 3.05) is 7.11 Å². The van der Waals surface area contributed by atoms with E-state index in [1.807, 2.05) is 31.2 Å². The minimum atomic E-state index is -0.495. The number of ether oxygens (including phenoxy) is 2. The summed E-state index contributed by atoms with van der Waals surface area (Å²) in [5.74, 6) is 0.244. The van der Waals surface area contributed by atoms with Crippen molar-refractivity contribution in [1.29, 1.82) is 0 Å². The van der Waals surface area contributed by atoms with E-state index in [2.05, 4.69) is 0 Å². The Morgan fingerprint density at radius 2 is 1.88 bits per heavy atom. The Kier molecular flexibility index (Phi) is 4.84. The smallest absolute Gasteiger partial charge is 0.336 e. The summed E-state index contributed by atoms with van der Waals surface area (Å²) in [7, 11) is 1.54. The molecule has 0 unspecified atom stereocenters. The summed E-state index contributed by atoms with van der Waals surface area (Å²) < 4.78 is 15.7. The minimum absolute atomic E-state index is 0.0130. The maximum atomic E-state index is 12.1. The molecule has 1 heterocycles. The molecule has 0 N–H and O–H groups in total. The Balaban J connectivity index is 1.78. The van der Waals surface area contributed by atoms with Crippen LogP contribution in [0.3, 0.4) is 0 Å². The minimum Gasteiger partial charge on any atom is -0.497 e. The molecule has 0 aliphatic carbocycles. The molecule has 2 aromatic carbocycles. The van der Waals surface area contributed by atoms with Crippen molar-refractivity contribution in [1.82, 2.24) is 0 Å². The van der Waals surface area contributed by atoms with Gasteiger partial charge in [-0.25, -0.2) is 4.79 Å². The number of hydrogen-bond donors (Lipinski definition) is 0. The van der Waals surface area contributed by atoms with Gasteiger partial charge in [0.15, 0.2) is 0 Å². The normalized spacial score (nSPS) is 10.6. The van der Waals surface area contributed by atoms with Gasteiger partial charge in [-0.3, -0.25) is 4.79 Å². The molecular formula is C20H18O5. The van der Waals surface area contributed by atoms with Crippen LogP contribution in [0.15, 0.2) is 57.7 Å². The third-order valence-corrected chi connectivity index (χ3v) is 4.02. The average Bonchev–Trinajstić information content (AvgIpc) is 2.61. The summed E-state index contributed by atoms with van der Waals surface area (Å²) >= 11 is 0. The highest BCUT2D eigenvalue weighted by Crippen LogP contribution is 2.23. The SMILES string of the molecule is COc1ccc2c(COC(=O)Cc3ccccc3C)cc(=O)oc2c1. The largest absolute Gasteiger partial charge is 0.497 e. The summed E-state index contributed by atoms with van der Waals surface area (Å²) in [5.41, 5.74) is 2.47. The maximum Gasteiger partial charge on any atom is 0.336 e. The first kappa shape index (κ1) is 16.8. The molecule has 0 fully saturated rings. The molecule has 5 heteroatoms. The fraction of sp³-hybridized carbons (Fsp3) is 0.200. The molecule has 3 aromatic rings. The van der Waals surface area contributed by atoms with Gasteiger partial charge in [0.2, 0.25) is 0 Å². The Morgan fingerprint density at radius 1 is 1.08 bits per heavy atom. The van der Waals surface area contributed by atoms with Crippen LogP contribution in [0.25, 0.3) is 11.0 Å². The predicted molar refractivity (Wildman–Crippen MR) is 93.7 cm³/mol. The second kappa shape index (κ2) is 7.21. The van der Waals surface area contributed by atoms with Gasteiger partial charge in [-0.05, 0) is 30.2 Å². The lowest BCUT2D eigenvalue weighted by molar-refractivity contribution is -0.144. The number of carbonyl (C=O) groups is 1. The summed E-state index contributed by atoms with van der Waals surface area (Å²) in [6.07, 6.45) is 0.194. The van der Waals surface area contributed by atoms with Gasteiger partial charge in [-0.2, -0.15) is 0 Å². The van der Waals surface area contributed by atoms with Gasteiger partial charge in [0.05, 0.1) is 13.5 Å². The molecular weight excluding hydrogens is 320 g/mol. The molecule has 0 spiro atoms. The van der Waals surface area contributed by atoms with Crippen molar-refractivity contribution in [2.24, 2.45) is 0 Å². The van der Waals surface area contributed by atoms with E-state index in [-0.39, 0.29) is 19.0 Å². The highest BCUT2D eigenvalue weighted by Gasteiger charge is 2.11. The topological polar surface area (TPSA) is 65.7 Å². The van der Waals surface area contributed by atoms with E-state index in [0.29, 0.717) is 22.3 Å². The Hall–Kier alpha value is -3.08. The first-order valence-electron chi connectivity index (χ1n) is 7.88. The van der Waals surface area contributed by atoms with Crippen molar-refractivity contribution < 1.29 is 18.7 Å². The number of carbonyl (C=O) groups excluding carboxylic acids is 1. The quantitative estimate of drug-likeness (QED) is 0.527. The first-order chi connectivity index (χ1) is 12.1. The van der Waals surface area contributed by atoms with Crippen LogP contribution in [0.1, 0.15) is 16.7 Å². The molecule has 5 nitrogen and oxygen atoms in total. The van der Waals surface area contributed by atoms with Crippen molar-refractivity contribution in [2.45, 2.75) is 20.0 Å². The van der Waals surface area contributed by atoms with Crippen LogP contribution in [0, 0.1) is 6.92 Å². The monoisotopic (exact) mass is 338 g/mol. The van der Waals surface area contributed by atoms with Crippen LogP contribution in [-0.2, 0) is 22.6 Å². The summed E-state index contributed by atoms with van der Waals surface area (Å²) in [6.45, 7) is 1.96. The van der Waals surface area contributed by atoms with E-state index >= 15 is 0 Å². The molecule has 0 aliphatic heterocycles. The van der Waals surface area contributed by atoms with Crippen molar-refractivity contribution in [3.05, 3.63) is 75.6 Å². The maximum absolute atomic E-state index is 12.1. The van der Waals surface area contributed by atoms with Gasteiger partial charge < -0.3 is 13.9 Å². The van der Waals surface area contributed by atoms with Crippen molar-refractivity contribution in [3.8, 4) is 5.75 Å². The lowest BCUT2D eigenvalue weighted by atomic mass is 10.1. The summed E-state index contributed by atoms with van der Waals surface area (Å²) in [5, 5.41) is 0.712. The molecule has 1 aromatic heterocycles. The number of aryl methyl sites for hydroxylation is 1. The highest BCUT2D eigenvalue weighted by molar-refractivity contribution is 5.82. The second-order valence-electron chi connectivity index (χ2n) is 5.72. The molecule has 0 saturated heterocycles. The average molecular weight is 338 g/mol. The Bertz CT molecular complexity index is 971. The van der Waals surface area contributed by atoms with Crippen molar-refractivity contribution >= 4 is 16.9 Å². The lowest BCUT2D eigenvalue weighted by Crippen LogP contribution is -2.10. The van der Waals surface area contributed by atoms with E-state index in [9.17, 15) is 9.59 Å². The molecule has 0 bridgehead atoms. The van der Waals surface area contributed by atoms with Crippen LogP contribution in [0.2, 0.25) is 0 Å². The first-order valence-corrected chi connectivity index (χ1v) is 7.88. The number of methoxy groups -OCH3 is 1. The molecule has 0 amide bonds. The van der Waals surface area contributed by atoms with Gasteiger partial charge in [0.1, 0.15) is 17.9 Å². The van der Waals surface area contributed by atoms with E-state index in [0.717, 1.165) is 11.1 Å². The van der Waals surface area contributed by atoms with Crippen LogP contribution in [-0.4, -0.2) is 13.1 Å². The summed E-state index contributed by atoms with van der Waals surface area (Å²) in [6, 6.07) is 14.2. The Labute approximate surface area is 144 Å². The molecule has 3 rings (SSSR count). The summed E-state index contributed by atoms with van der Waals surface area (Å²) in [4.78, 5) is 23.9. The van der Waals surface area contributed by atoms with Crippen LogP contribution < -0.4 is 10.4 Å². The fourth-order valence-electron chi connectivity index (χ4n) is 2.63. The van der Waals surface area contributed by atoms with Gasteiger partial charge >= 0.3 is 11.6 Å². The number of benzene rings is 2. The van der Waals surface area contributed by atoms with Gasteiger partial charge in [0, 0.05) is 23.1 Å². The molecule has 0 atom stereocenters. The number of hydrogen-bond acceptors (Lipinski definition) is 5. The van der Waals surface area contributed by atoms with E-state index in [1.165, 1.54) is 13.2 Å². The van der Waals surface area contributed by atoms with Gasteiger partial charge in [-0.15, -0.1) is 0 Å². The fourth-order valence-corrected chi connectivity index (χ4v) is 2.63. The molecule has 0 saturated carbocycles. The third kappa shape index (κ3) is 3.88. The molecule has 25 heavy (non-hydrogen) atoms. The molecule has 0 aliphatic rings. The van der Waals surface area contributed by atoms with Crippen molar-refractivity contribution in [3.63, 3.8) is 0 Å². The number of esters is 1. The zero-order valence-corrected chi connectivity index (χ0v) is 14.1. The standard InChI is InChI=1S/C20H18O5/c1-13-5-3-4-6-14(13)9-19(21)24-12-15-10-20(22)25-18-11-16(23-2)7-8-17(15)18/h3-8,10-11H,9,12H2,1-2H3. The predicted octanol–water partition coefficient (Wildman–Crippen LogP) is 3.40. The van der Waals surface area contributed by atoms with E-state index in [4.69, 9.17) is 13.9 Å². The van der Waals surface area contributed by atoms with Gasteiger partial charge in [0.25, 0.3) is 0 Å². The zero-order valence-electron chi connectivity index (χ0n) is 14.1.